The van der Waals surface area contributed by atoms with Gasteiger partial charge in [-0.25, -0.2) is 0 Å². The van der Waals surface area contributed by atoms with Gasteiger partial charge in [-0.2, -0.15) is 0 Å². The molecule has 2 fully saturated rings. The molecule has 2 saturated heterocycles. The molecule has 1 unspecified atom stereocenters. The molecule has 2 N–H and O–H groups in total. The van der Waals surface area contributed by atoms with Gasteiger partial charge in [-0.3, -0.25) is 9.89 Å². The minimum atomic E-state index is 0. The fourth-order valence-corrected chi connectivity index (χ4v) is 4.09. The fraction of sp³-hybridized carbons (Fsp3) is 0.952. The van der Waals surface area contributed by atoms with Crippen LogP contribution in [0.3, 0.4) is 0 Å². The van der Waals surface area contributed by atoms with Crippen LogP contribution in [0.1, 0.15) is 47.0 Å². The van der Waals surface area contributed by atoms with Crippen molar-refractivity contribution in [3.05, 3.63) is 0 Å². The van der Waals surface area contributed by atoms with Crippen molar-refractivity contribution in [1.29, 1.82) is 0 Å². The van der Waals surface area contributed by atoms with Gasteiger partial charge in [-0.05, 0) is 57.7 Å². The van der Waals surface area contributed by atoms with Crippen molar-refractivity contribution in [3.63, 3.8) is 0 Å². The zero-order chi connectivity index (χ0) is 19.5. The van der Waals surface area contributed by atoms with Crippen LogP contribution in [0.5, 0.6) is 0 Å². The maximum atomic E-state index is 5.93. The molecule has 2 aliphatic heterocycles. The van der Waals surface area contributed by atoms with Gasteiger partial charge in [-0.15, -0.1) is 24.0 Å². The maximum absolute atomic E-state index is 5.93. The highest BCUT2D eigenvalue weighted by Crippen LogP contribution is 2.19. The van der Waals surface area contributed by atoms with E-state index in [9.17, 15) is 0 Å². The monoisotopic (exact) mass is 509 g/mol. The Morgan fingerprint density at radius 2 is 1.86 bits per heavy atom. The molecular formula is C21H44IN5O. The van der Waals surface area contributed by atoms with Crippen molar-refractivity contribution < 1.29 is 4.74 Å². The predicted molar refractivity (Wildman–Crippen MR) is 130 cm³/mol. The van der Waals surface area contributed by atoms with E-state index in [-0.39, 0.29) is 30.1 Å². The standard InChI is InChI=1S/C21H43N5O.HI/c1-5-22-21(23-10-7-19-8-11-25(6-2)12-9-19)24-15-20-17-26(13-14-27-20)16-18(3)4;/h18-20H,5-17H2,1-4H3,(H2,22,23,24);1H. The first kappa shape index (κ1) is 25.9. The zero-order valence-electron chi connectivity index (χ0n) is 18.6. The Hall–Kier alpha value is -0.120. The summed E-state index contributed by atoms with van der Waals surface area (Å²) in [6.07, 6.45) is 4.13. The number of guanidine groups is 1. The summed E-state index contributed by atoms with van der Waals surface area (Å²) in [5, 5.41) is 6.91. The Bertz CT molecular complexity index is 427. The van der Waals surface area contributed by atoms with E-state index in [1.54, 1.807) is 0 Å². The van der Waals surface area contributed by atoms with E-state index in [0.29, 0.717) is 5.92 Å². The predicted octanol–water partition coefficient (Wildman–Crippen LogP) is 2.64. The summed E-state index contributed by atoms with van der Waals surface area (Å²) in [6, 6.07) is 0. The van der Waals surface area contributed by atoms with Crippen LogP contribution < -0.4 is 10.6 Å². The van der Waals surface area contributed by atoms with Crippen molar-refractivity contribution >= 4 is 29.9 Å². The van der Waals surface area contributed by atoms with E-state index < -0.39 is 0 Å². The summed E-state index contributed by atoms with van der Waals surface area (Å²) in [6.45, 7) is 19.3. The molecule has 0 aliphatic carbocycles. The van der Waals surface area contributed by atoms with Crippen LogP contribution >= 0.6 is 24.0 Å². The first-order chi connectivity index (χ1) is 13.1. The number of morpholine rings is 1. The highest BCUT2D eigenvalue weighted by atomic mass is 127. The first-order valence-electron chi connectivity index (χ1n) is 11.2. The molecule has 0 bridgehead atoms. The molecule has 28 heavy (non-hydrogen) atoms. The smallest absolute Gasteiger partial charge is 0.191 e. The molecule has 2 aliphatic rings. The van der Waals surface area contributed by atoms with Gasteiger partial charge in [0.1, 0.15) is 0 Å². The van der Waals surface area contributed by atoms with E-state index in [1.807, 2.05) is 0 Å². The van der Waals surface area contributed by atoms with E-state index in [4.69, 9.17) is 9.73 Å². The fourth-order valence-electron chi connectivity index (χ4n) is 4.09. The lowest BCUT2D eigenvalue weighted by molar-refractivity contribution is -0.0261. The molecule has 1 atom stereocenters. The number of piperidine rings is 1. The third-order valence-electron chi connectivity index (χ3n) is 5.64. The summed E-state index contributed by atoms with van der Waals surface area (Å²) in [5.74, 6) is 2.50. The summed E-state index contributed by atoms with van der Waals surface area (Å²) >= 11 is 0. The molecular weight excluding hydrogens is 465 g/mol. The number of aliphatic imine (C=N–C) groups is 1. The lowest BCUT2D eigenvalue weighted by Crippen LogP contribution is -2.46. The van der Waals surface area contributed by atoms with Crippen LogP contribution in [0.25, 0.3) is 0 Å². The molecule has 2 rings (SSSR count). The molecule has 0 saturated carbocycles. The van der Waals surface area contributed by atoms with E-state index >= 15 is 0 Å². The van der Waals surface area contributed by atoms with Crippen molar-refractivity contribution in [2.24, 2.45) is 16.8 Å². The van der Waals surface area contributed by atoms with E-state index in [2.05, 4.69) is 48.1 Å². The second kappa shape index (κ2) is 14.8. The molecule has 6 nitrogen and oxygen atoms in total. The molecule has 166 valence electrons. The van der Waals surface area contributed by atoms with Crippen molar-refractivity contribution in [2.45, 2.75) is 53.1 Å². The molecule has 0 amide bonds. The Labute approximate surface area is 190 Å². The lowest BCUT2D eigenvalue weighted by atomic mass is 9.93. The third kappa shape index (κ3) is 10.1. The molecule has 0 spiro atoms. The van der Waals surface area contributed by atoms with Crippen LogP contribution in [-0.4, -0.2) is 87.4 Å². The van der Waals surface area contributed by atoms with E-state index in [1.165, 1.54) is 38.9 Å². The topological polar surface area (TPSA) is 52.1 Å². The molecule has 0 aromatic heterocycles. The van der Waals surface area contributed by atoms with Gasteiger partial charge in [0, 0.05) is 32.7 Å². The maximum Gasteiger partial charge on any atom is 0.191 e. The number of ether oxygens (including phenoxy) is 1. The summed E-state index contributed by atoms with van der Waals surface area (Å²) in [7, 11) is 0. The largest absolute Gasteiger partial charge is 0.374 e. The van der Waals surface area contributed by atoms with Crippen LogP contribution in [-0.2, 0) is 4.74 Å². The first-order valence-corrected chi connectivity index (χ1v) is 11.2. The minimum absolute atomic E-state index is 0. The second-order valence-corrected chi connectivity index (χ2v) is 8.46. The number of hydrogen-bond acceptors (Lipinski definition) is 4. The van der Waals surface area contributed by atoms with Crippen LogP contribution in [0.2, 0.25) is 0 Å². The van der Waals surface area contributed by atoms with Gasteiger partial charge < -0.3 is 20.3 Å². The van der Waals surface area contributed by atoms with Gasteiger partial charge in [-0.1, -0.05) is 20.8 Å². The number of likely N-dealkylation sites (tertiary alicyclic amines) is 1. The summed E-state index contributed by atoms with van der Waals surface area (Å²) in [5.41, 5.74) is 0. The number of halogens is 1. The lowest BCUT2D eigenvalue weighted by Gasteiger charge is -2.33. The van der Waals surface area contributed by atoms with Crippen LogP contribution in [0.15, 0.2) is 4.99 Å². The Morgan fingerprint density at radius 1 is 1.11 bits per heavy atom. The molecule has 7 heteroatoms. The minimum Gasteiger partial charge on any atom is -0.374 e. The number of nitrogens with one attached hydrogen (secondary N) is 2. The average molecular weight is 510 g/mol. The van der Waals surface area contributed by atoms with Crippen molar-refractivity contribution in [2.75, 3.05) is 65.5 Å². The Balaban J connectivity index is 0.00000392. The second-order valence-electron chi connectivity index (χ2n) is 8.46. The van der Waals surface area contributed by atoms with Crippen LogP contribution in [0, 0.1) is 11.8 Å². The molecule has 0 radical (unpaired) electrons. The van der Waals surface area contributed by atoms with Gasteiger partial charge in [0.05, 0.1) is 19.3 Å². The highest BCUT2D eigenvalue weighted by Gasteiger charge is 2.21. The zero-order valence-corrected chi connectivity index (χ0v) is 20.9. The Morgan fingerprint density at radius 3 is 2.50 bits per heavy atom. The molecule has 0 aromatic rings. The number of rotatable bonds is 9. The third-order valence-corrected chi connectivity index (χ3v) is 5.64. The molecule has 2 heterocycles. The SMILES string of the molecule is CCNC(=NCC1CN(CC(C)C)CCO1)NCCC1CCN(CC)CC1.I. The average Bonchev–Trinajstić information content (AvgIpc) is 2.66. The van der Waals surface area contributed by atoms with Gasteiger partial charge in [0.15, 0.2) is 5.96 Å². The van der Waals surface area contributed by atoms with Gasteiger partial charge in [0.25, 0.3) is 0 Å². The van der Waals surface area contributed by atoms with Gasteiger partial charge >= 0.3 is 0 Å². The number of hydrogen-bond donors (Lipinski definition) is 2. The van der Waals surface area contributed by atoms with Crippen molar-refractivity contribution in [1.82, 2.24) is 20.4 Å². The summed E-state index contributed by atoms with van der Waals surface area (Å²) < 4.78 is 5.93. The quantitative estimate of drug-likeness (QED) is 0.285. The van der Waals surface area contributed by atoms with Crippen LogP contribution in [0.4, 0.5) is 0 Å². The Kier molecular flexibility index (Phi) is 13.7. The van der Waals surface area contributed by atoms with Gasteiger partial charge in [0.2, 0.25) is 0 Å². The summed E-state index contributed by atoms with van der Waals surface area (Å²) in [4.78, 5) is 9.86. The normalized spacial score (nSPS) is 22.9. The highest BCUT2D eigenvalue weighted by molar-refractivity contribution is 14.0. The van der Waals surface area contributed by atoms with E-state index in [0.717, 1.165) is 57.8 Å². The molecule has 0 aromatic carbocycles. The van der Waals surface area contributed by atoms with Crippen molar-refractivity contribution in [3.8, 4) is 0 Å². The number of nitrogens with zero attached hydrogens (tertiary/aromatic N) is 3.